The molecule has 16 rings (SSSR count). The molecule has 0 aliphatic rings. The van der Waals surface area contributed by atoms with Crippen molar-refractivity contribution in [3.63, 3.8) is 0 Å². The molecule has 2 heteroatoms. The number of para-hydroxylation sites is 2. The van der Waals surface area contributed by atoms with Crippen molar-refractivity contribution in [2.75, 3.05) is 0 Å². The van der Waals surface area contributed by atoms with Crippen molar-refractivity contribution in [3.05, 3.63) is 340 Å². The molecule has 0 saturated carbocycles. The summed E-state index contributed by atoms with van der Waals surface area (Å²) < 4.78 is 4.84. The van der Waals surface area contributed by atoms with Crippen molar-refractivity contribution in [2.24, 2.45) is 0 Å². The quantitative estimate of drug-likeness (QED) is 0.122. The van der Waals surface area contributed by atoms with Gasteiger partial charge in [0.15, 0.2) is 0 Å². The maximum atomic E-state index is 2.42. The third kappa shape index (κ3) is 9.27. The Hall–Kier alpha value is -11.3. The standard InChI is InChI=1S/C84H56N2/c1-3-16-57(17-4-1)65-20-11-21-66(50-65)62-42-44-63(45-43-62)68-23-13-25-70(52-68)69-24-12-22-67(51-69)61-38-34-59(35-39-61)60-36-40-64(41-37-60)72-27-15-29-76(54-72)86-82-33-10-8-31-78(82)80-56-74(47-49-84(80)86)73-46-48-83-79(55-73)77-30-7-9-32-81(77)85(83)75-28-14-26-71(53-75)58-18-5-2-6-19-58/h1-56H. The average molecular weight is 1090 g/mol. The molecule has 0 unspecified atom stereocenters. The summed E-state index contributed by atoms with van der Waals surface area (Å²) in [6, 6.07) is 124. The lowest BCUT2D eigenvalue weighted by Crippen LogP contribution is -1.94. The molecule has 0 aliphatic heterocycles. The first-order chi connectivity index (χ1) is 42.6. The Morgan fingerprint density at radius 2 is 0.349 bits per heavy atom. The van der Waals surface area contributed by atoms with Gasteiger partial charge in [-0.05, 0) is 179 Å². The predicted molar refractivity (Wildman–Crippen MR) is 364 cm³/mol. The molecule has 0 spiro atoms. The number of hydrogen-bond acceptors (Lipinski definition) is 0. The third-order valence-electron chi connectivity index (χ3n) is 17.3. The summed E-state index contributed by atoms with van der Waals surface area (Å²) in [5, 5.41) is 4.95. The molecule has 0 aliphatic carbocycles. The van der Waals surface area contributed by atoms with E-state index in [4.69, 9.17) is 0 Å². The van der Waals surface area contributed by atoms with E-state index in [1.165, 1.54) is 144 Å². The highest BCUT2D eigenvalue weighted by Crippen LogP contribution is 2.41. The Bertz CT molecular complexity index is 5180. The lowest BCUT2D eigenvalue weighted by molar-refractivity contribution is 1.18. The van der Waals surface area contributed by atoms with E-state index in [0.717, 1.165) is 11.4 Å². The fourth-order valence-corrected chi connectivity index (χ4v) is 13.0. The van der Waals surface area contributed by atoms with Crippen molar-refractivity contribution in [1.82, 2.24) is 9.13 Å². The van der Waals surface area contributed by atoms with Crippen LogP contribution in [0.1, 0.15) is 0 Å². The molecule has 402 valence electrons. The van der Waals surface area contributed by atoms with Crippen LogP contribution < -0.4 is 0 Å². The first kappa shape index (κ1) is 50.4. The van der Waals surface area contributed by atoms with Gasteiger partial charge in [-0.2, -0.15) is 0 Å². The van der Waals surface area contributed by atoms with Crippen LogP contribution in [0.4, 0.5) is 0 Å². The SMILES string of the molecule is c1ccc(-c2cccc(-c3ccc(-c4cccc(-c5cccc(-c6ccc(-c7ccc(-c8cccc(-n9c%10ccccc%10c%10cc(-c%11ccc%12c(c%11)c%11ccccc%11n%12-c%11cccc(-c%12ccccc%12)c%11)ccc%109)c8)cc7)cc6)c5)c4)cc3)c2)cc1. The zero-order valence-corrected chi connectivity index (χ0v) is 47.2. The monoisotopic (exact) mass is 1090 g/mol. The van der Waals surface area contributed by atoms with Gasteiger partial charge in [-0.3, -0.25) is 0 Å². The Morgan fingerprint density at radius 1 is 0.128 bits per heavy atom. The van der Waals surface area contributed by atoms with Gasteiger partial charge in [0.05, 0.1) is 22.1 Å². The van der Waals surface area contributed by atoms with Crippen molar-refractivity contribution in [1.29, 1.82) is 0 Å². The van der Waals surface area contributed by atoms with Gasteiger partial charge in [-0.25, -0.2) is 0 Å². The molecule has 16 aromatic rings. The molecule has 2 aromatic heterocycles. The summed E-state index contributed by atoms with van der Waals surface area (Å²) in [6.45, 7) is 0. The molecule has 0 radical (unpaired) electrons. The van der Waals surface area contributed by atoms with Crippen LogP contribution in [-0.4, -0.2) is 9.13 Å². The first-order valence-corrected chi connectivity index (χ1v) is 29.6. The van der Waals surface area contributed by atoms with Gasteiger partial charge in [0.2, 0.25) is 0 Å². The molecular weight excluding hydrogens is 1040 g/mol. The van der Waals surface area contributed by atoms with Crippen LogP contribution in [0.15, 0.2) is 340 Å². The van der Waals surface area contributed by atoms with E-state index in [2.05, 4.69) is 349 Å². The number of rotatable bonds is 11. The van der Waals surface area contributed by atoms with E-state index in [0.29, 0.717) is 0 Å². The summed E-state index contributed by atoms with van der Waals surface area (Å²) >= 11 is 0. The highest BCUT2D eigenvalue weighted by Gasteiger charge is 2.18. The van der Waals surface area contributed by atoms with Crippen LogP contribution in [0, 0.1) is 0 Å². The highest BCUT2D eigenvalue weighted by atomic mass is 15.0. The minimum absolute atomic E-state index is 1.13. The van der Waals surface area contributed by atoms with Crippen molar-refractivity contribution in [2.45, 2.75) is 0 Å². The minimum atomic E-state index is 1.13. The molecule has 2 nitrogen and oxygen atoms in total. The first-order valence-electron chi connectivity index (χ1n) is 29.6. The predicted octanol–water partition coefficient (Wildman–Crippen LogP) is 22.9. The topological polar surface area (TPSA) is 9.86 Å². The largest absolute Gasteiger partial charge is 0.309 e. The van der Waals surface area contributed by atoms with Crippen LogP contribution in [-0.2, 0) is 0 Å². The minimum Gasteiger partial charge on any atom is -0.309 e. The van der Waals surface area contributed by atoms with E-state index >= 15 is 0 Å². The smallest absolute Gasteiger partial charge is 0.0541 e. The van der Waals surface area contributed by atoms with Gasteiger partial charge in [0, 0.05) is 32.9 Å². The summed E-state index contributed by atoms with van der Waals surface area (Å²) in [5.74, 6) is 0. The Morgan fingerprint density at radius 3 is 0.698 bits per heavy atom. The molecule has 0 atom stereocenters. The number of nitrogens with zero attached hydrogens (tertiary/aromatic N) is 2. The molecule has 86 heavy (non-hydrogen) atoms. The van der Waals surface area contributed by atoms with E-state index < -0.39 is 0 Å². The summed E-state index contributed by atoms with van der Waals surface area (Å²) in [7, 11) is 0. The Labute approximate surface area is 501 Å². The van der Waals surface area contributed by atoms with Gasteiger partial charge < -0.3 is 9.13 Å². The van der Waals surface area contributed by atoms with E-state index in [1.807, 2.05) is 0 Å². The lowest BCUT2D eigenvalue weighted by Gasteiger charge is -2.12. The van der Waals surface area contributed by atoms with Crippen molar-refractivity contribution in [3.8, 4) is 112 Å². The van der Waals surface area contributed by atoms with Gasteiger partial charge >= 0.3 is 0 Å². The van der Waals surface area contributed by atoms with Crippen LogP contribution in [0.5, 0.6) is 0 Å². The highest BCUT2D eigenvalue weighted by molar-refractivity contribution is 6.13. The van der Waals surface area contributed by atoms with Crippen LogP contribution in [0.25, 0.3) is 155 Å². The molecule has 0 bridgehead atoms. The van der Waals surface area contributed by atoms with Gasteiger partial charge in [0.1, 0.15) is 0 Å². The van der Waals surface area contributed by atoms with E-state index in [9.17, 15) is 0 Å². The average Bonchev–Trinajstić information content (AvgIpc) is 1.95. The zero-order chi connectivity index (χ0) is 56.9. The molecular formula is C84H56N2. The van der Waals surface area contributed by atoms with Gasteiger partial charge in [0.25, 0.3) is 0 Å². The van der Waals surface area contributed by atoms with Crippen LogP contribution >= 0.6 is 0 Å². The number of aromatic nitrogens is 2. The Balaban J connectivity index is 0.640. The molecule has 14 aromatic carbocycles. The zero-order valence-electron chi connectivity index (χ0n) is 47.2. The third-order valence-corrected chi connectivity index (χ3v) is 17.3. The number of fused-ring (bicyclic) bond motifs is 6. The van der Waals surface area contributed by atoms with E-state index in [1.54, 1.807) is 0 Å². The second-order valence-electron chi connectivity index (χ2n) is 22.5. The molecule has 2 heterocycles. The summed E-state index contributed by atoms with van der Waals surface area (Å²) in [5.41, 5.74) is 28.7. The fourth-order valence-electron chi connectivity index (χ4n) is 13.0. The fraction of sp³-hybridized carbons (Fsp3) is 0. The second kappa shape index (κ2) is 21.5. The maximum Gasteiger partial charge on any atom is 0.0541 e. The van der Waals surface area contributed by atoms with Gasteiger partial charge in [-0.1, -0.05) is 261 Å². The Kier molecular flexibility index (Phi) is 12.6. The van der Waals surface area contributed by atoms with Crippen LogP contribution in [0.2, 0.25) is 0 Å². The molecule has 0 fully saturated rings. The second-order valence-corrected chi connectivity index (χ2v) is 22.5. The summed E-state index contributed by atoms with van der Waals surface area (Å²) in [6.07, 6.45) is 0. The molecule has 0 N–H and O–H groups in total. The molecule has 0 amide bonds. The van der Waals surface area contributed by atoms with Gasteiger partial charge in [-0.15, -0.1) is 0 Å². The lowest BCUT2D eigenvalue weighted by atomic mass is 9.94. The van der Waals surface area contributed by atoms with Crippen molar-refractivity contribution >= 4 is 43.6 Å². The molecule has 0 saturated heterocycles. The maximum absolute atomic E-state index is 2.42. The summed E-state index contributed by atoms with van der Waals surface area (Å²) in [4.78, 5) is 0. The van der Waals surface area contributed by atoms with E-state index in [-0.39, 0.29) is 0 Å². The normalized spacial score (nSPS) is 11.5. The number of hydrogen-bond donors (Lipinski definition) is 0. The van der Waals surface area contributed by atoms with Crippen LogP contribution in [0.3, 0.4) is 0 Å². The number of benzene rings is 14. The van der Waals surface area contributed by atoms with Crippen molar-refractivity contribution < 1.29 is 0 Å².